The Hall–Kier alpha value is -2.54. The van der Waals surface area contributed by atoms with Crippen LogP contribution < -0.4 is 0 Å². The number of aliphatic imine (C=N–C) groups is 1. The van der Waals surface area contributed by atoms with Crippen LogP contribution in [0.5, 0.6) is 0 Å². The second-order valence-electron chi connectivity index (χ2n) is 5.24. The monoisotopic (exact) mass is 344 g/mol. The van der Waals surface area contributed by atoms with E-state index in [1.807, 2.05) is 30.3 Å². The van der Waals surface area contributed by atoms with Crippen LogP contribution in [0.3, 0.4) is 0 Å². The van der Waals surface area contributed by atoms with E-state index in [0.29, 0.717) is 22.3 Å². The van der Waals surface area contributed by atoms with Gasteiger partial charge in [0, 0.05) is 12.3 Å². The predicted octanol–water partition coefficient (Wildman–Crippen LogP) is 2.96. The zero-order chi connectivity index (χ0) is 17.3. The lowest BCUT2D eigenvalue weighted by atomic mass is 9.95. The Labute approximate surface area is 143 Å². The van der Waals surface area contributed by atoms with Crippen molar-refractivity contribution in [3.05, 3.63) is 58.5 Å². The highest BCUT2D eigenvalue weighted by Crippen LogP contribution is 2.44. The van der Waals surface area contributed by atoms with Crippen LogP contribution in [0.1, 0.15) is 25.5 Å². The molecule has 7 heteroatoms. The van der Waals surface area contributed by atoms with Crippen LogP contribution in [0.2, 0.25) is 0 Å². The maximum atomic E-state index is 12.4. The fourth-order valence-corrected chi connectivity index (χ4v) is 3.57. The number of carbonyl (C=O) groups excluding carboxylic acids is 2. The molecule has 0 saturated heterocycles. The predicted molar refractivity (Wildman–Crippen MR) is 90.6 cm³/mol. The number of thioether (sulfide) groups is 1. The second kappa shape index (κ2) is 6.52. The van der Waals surface area contributed by atoms with Crippen molar-refractivity contribution < 1.29 is 19.1 Å². The van der Waals surface area contributed by atoms with E-state index in [-0.39, 0.29) is 0 Å². The van der Waals surface area contributed by atoms with Crippen LogP contribution in [-0.2, 0) is 19.1 Å². The van der Waals surface area contributed by atoms with Gasteiger partial charge in [0.15, 0.2) is 5.17 Å². The molecule has 6 nitrogen and oxygen atoms in total. The second-order valence-corrected chi connectivity index (χ2v) is 6.07. The molecule has 0 aliphatic carbocycles. The van der Waals surface area contributed by atoms with Gasteiger partial charge in [0.2, 0.25) is 5.88 Å². The number of benzene rings is 1. The van der Waals surface area contributed by atoms with Gasteiger partial charge in [-0.15, -0.1) is 0 Å². The molecule has 2 aliphatic heterocycles. The van der Waals surface area contributed by atoms with Gasteiger partial charge in [-0.1, -0.05) is 42.1 Å². The van der Waals surface area contributed by atoms with Crippen LogP contribution in [0.15, 0.2) is 57.9 Å². The molecule has 0 unspecified atom stereocenters. The van der Waals surface area contributed by atoms with E-state index in [1.54, 1.807) is 17.2 Å². The van der Waals surface area contributed by atoms with E-state index in [4.69, 9.17) is 9.47 Å². The summed E-state index contributed by atoms with van der Waals surface area (Å²) < 4.78 is 10.3. The van der Waals surface area contributed by atoms with Crippen molar-refractivity contribution in [2.24, 2.45) is 4.99 Å². The molecular weight excluding hydrogens is 328 g/mol. The van der Waals surface area contributed by atoms with E-state index < -0.39 is 18.0 Å². The van der Waals surface area contributed by atoms with Crippen molar-refractivity contribution in [1.29, 1.82) is 0 Å². The first-order valence-corrected chi connectivity index (χ1v) is 8.18. The van der Waals surface area contributed by atoms with Gasteiger partial charge in [0.25, 0.3) is 0 Å². The quantitative estimate of drug-likeness (QED) is 0.785. The summed E-state index contributed by atoms with van der Waals surface area (Å²) in [6.45, 7) is 3.11. The first kappa shape index (κ1) is 16.3. The van der Waals surface area contributed by atoms with Gasteiger partial charge in [-0.05, 0) is 12.5 Å². The maximum Gasteiger partial charge on any atom is 0.338 e. The number of amidine groups is 1. The standard InChI is InChI=1S/C17H16N2O4S/c1-10-14(16(21)22-3)15(12-7-5-4-6-8-12)19-13(23-11(2)20)9-24-17(19)18-10/h4-9,15H,1-3H3/t15-/m0/s1. The van der Waals surface area contributed by atoms with Crippen molar-refractivity contribution in [2.45, 2.75) is 19.9 Å². The number of carbonyl (C=O) groups is 2. The van der Waals surface area contributed by atoms with Crippen molar-refractivity contribution in [3.8, 4) is 0 Å². The lowest BCUT2D eigenvalue weighted by Gasteiger charge is -2.35. The first-order valence-electron chi connectivity index (χ1n) is 7.30. The summed E-state index contributed by atoms with van der Waals surface area (Å²) in [5, 5.41) is 2.37. The zero-order valence-electron chi connectivity index (χ0n) is 13.5. The minimum Gasteiger partial charge on any atom is -0.466 e. The number of allylic oxidation sites excluding steroid dienone is 1. The maximum absolute atomic E-state index is 12.4. The molecule has 0 spiro atoms. The summed E-state index contributed by atoms with van der Waals surface area (Å²) in [7, 11) is 1.34. The molecule has 1 atom stereocenters. The normalized spacial score (nSPS) is 19.5. The summed E-state index contributed by atoms with van der Waals surface area (Å²) in [6, 6.07) is 9.05. The Morgan fingerprint density at radius 1 is 1.25 bits per heavy atom. The fraction of sp³-hybridized carbons (Fsp3) is 0.235. The highest BCUT2D eigenvalue weighted by Gasteiger charge is 2.41. The summed E-state index contributed by atoms with van der Waals surface area (Å²) in [6.07, 6.45) is 0. The van der Waals surface area contributed by atoms with E-state index in [2.05, 4.69) is 4.99 Å². The molecule has 0 aromatic heterocycles. The fourth-order valence-electron chi connectivity index (χ4n) is 2.70. The number of fused-ring (bicyclic) bond motifs is 1. The van der Waals surface area contributed by atoms with E-state index in [9.17, 15) is 9.59 Å². The average Bonchev–Trinajstić information content (AvgIpc) is 2.95. The minimum atomic E-state index is -0.466. The summed E-state index contributed by atoms with van der Waals surface area (Å²) in [5.74, 6) is -0.530. The third-order valence-corrected chi connectivity index (χ3v) is 4.48. The van der Waals surface area contributed by atoms with Crippen LogP contribution in [-0.4, -0.2) is 29.1 Å². The molecule has 1 aromatic rings. The van der Waals surface area contributed by atoms with E-state index in [1.165, 1.54) is 25.8 Å². The third kappa shape index (κ3) is 2.82. The summed E-state index contributed by atoms with van der Waals surface area (Å²) in [5.41, 5.74) is 1.89. The van der Waals surface area contributed by atoms with Gasteiger partial charge < -0.3 is 9.47 Å². The Morgan fingerprint density at radius 2 is 1.96 bits per heavy atom. The van der Waals surface area contributed by atoms with Gasteiger partial charge >= 0.3 is 11.9 Å². The molecule has 0 amide bonds. The molecule has 2 heterocycles. The number of hydrogen-bond acceptors (Lipinski definition) is 7. The van der Waals surface area contributed by atoms with Gasteiger partial charge in [0.1, 0.15) is 0 Å². The average molecular weight is 344 g/mol. The molecule has 1 aromatic carbocycles. The number of hydrogen-bond donors (Lipinski definition) is 0. The molecule has 124 valence electrons. The molecular formula is C17H16N2O4S. The molecule has 0 radical (unpaired) electrons. The molecule has 24 heavy (non-hydrogen) atoms. The number of rotatable bonds is 3. The smallest absolute Gasteiger partial charge is 0.338 e. The van der Waals surface area contributed by atoms with Crippen LogP contribution in [0.4, 0.5) is 0 Å². The largest absolute Gasteiger partial charge is 0.466 e. The summed E-state index contributed by atoms with van der Waals surface area (Å²) >= 11 is 1.35. The Morgan fingerprint density at radius 3 is 2.58 bits per heavy atom. The van der Waals surface area contributed by atoms with Gasteiger partial charge in [-0.3, -0.25) is 9.69 Å². The molecule has 0 fully saturated rings. The SMILES string of the molecule is COC(=O)C1=C(C)N=C2SC=C(OC(C)=O)N2[C@H]1c1ccccc1. The van der Waals surface area contributed by atoms with Gasteiger partial charge in [-0.2, -0.15) is 0 Å². The Bertz CT molecular complexity index is 783. The first-order chi connectivity index (χ1) is 11.5. The Kier molecular flexibility index (Phi) is 4.44. The Balaban J connectivity index is 2.13. The van der Waals surface area contributed by atoms with Crippen LogP contribution in [0.25, 0.3) is 0 Å². The van der Waals surface area contributed by atoms with E-state index >= 15 is 0 Å². The molecule has 0 saturated carbocycles. The number of esters is 2. The highest BCUT2D eigenvalue weighted by atomic mass is 32.2. The van der Waals surface area contributed by atoms with E-state index in [0.717, 1.165) is 5.56 Å². The zero-order valence-corrected chi connectivity index (χ0v) is 14.3. The van der Waals surface area contributed by atoms with Gasteiger partial charge in [-0.25, -0.2) is 9.79 Å². The number of nitrogens with zero attached hydrogens (tertiary/aromatic N) is 2. The molecule has 0 N–H and O–H groups in total. The minimum absolute atomic E-state index is 0.356. The number of methoxy groups -OCH3 is 1. The summed E-state index contributed by atoms with van der Waals surface area (Å²) in [4.78, 5) is 30.0. The lowest BCUT2D eigenvalue weighted by Crippen LogP contribution is -2.37. The topological polar surface area (TPSA) is 68.2 Å². The van der Waals surface area contributed by atoms with Crippen LogP contribution in [0, 0.1) is 0 Å². The van der Waals surface area contributed by atoms with Crippen molar-refractivity contribution in [1.82, 2.24) is 4.90 Å². The number of ether oxygens (including phenoxy) is 2. The molecule has 2 aliphatic rings. The van der Waals surface area contributed by atoms with Crippen molar-refractivity contribution >= 4 is 28.9 Å². The lowest BCUT2D eigenvalue weighted by molar-refractivity contribution is -0.138. The van der Waals surface area contributed by atoms with Crippen molar-refractivity contribution in [2.75, 3.05) is 7.11 Å². The highest BCUT2D eigenvalue weighted by molar-refractivity contribution is 8.16. The van der Waals surface area contributed by atoms with Crippen LogP contribution >= 0.6 is 11.8 Å². The third-order valence-electron chi connectivity index (χ3n) is 3.66. The van der Waals surface area contributed by atoms with Crippen molar-refractivity contribution in [3.63, 3.8) is 0 Å². The molecule has 0 bridgehead atoms. The molecule has 3 rings (SSSR count). The van der Waals surface area contributed by atoms with Gasteiger partial charge in [0.05, 0.1) is 24.4 Å².